The van der Waals surface area contributed by atoms with Gasteiger partial charge in [-0.15, -0.1) is 0 Å². The van der Waals surface area contributed by atoms with Gasteiger partial charge in [-0.25, -0.2) is 14.4 Å². The average molecular weight is 471 g/mol. The van der Waals surface area contributed by atoms with Crippen LogP contribution in [-0.4, -0.2) is 30.9 Å². The first-order valence-electron chi connectivity index (χ1n) is 9.56. The predicted octanol–water partition coefficient (Wildman–Crippen LogP) is 3.23. The van der Waals surface area contributed by atoms with Gasteiger partial charge in [0, 0.05) is 24.0 Å². The number of aryl methyl sites for hydroxylation is 1. The molecule has 0 bridgehead atoms. The molecule has 0 radical (unpaired) electrons. The van der Waals surface area contributed by atoms with Gasteiger partial charge in [0.25, 0.3) is 11.5 Å². The molecule has 0 spiro atoms. The highest BCUT2D eigenvalue weighted by Gasteiger charge is 2.50. The molecule has 3 aromatic heterocycles. The number of rotatable bonds is 3. The van der Waals surface area contributed by atoms with Gasteiger partial charge in [0.05, 0.1) is 22.6 Å². The van der Waals surface area contributed by atoms with Gasteiger partial charge < -0.3 is 4.90 Å². The predicted molar refractivity (Wildman–Crippen MR) is 121 cm³/mol. The smallest absolute Gasteiger partial charge is 0.259 e. The maximum atomic E-state index is 15.0. The molecule has 1 saturated heterocycles. The first-order valence-corrected chi connectivity index (χ1v) is 10.3. The standard InChI is InChI=1S/C21H16ClFN6O2S/c1-4-11-5-17(30)27-10-13(7-15(23)18(27)26-11)29-20(32)28(19(31)21(29,2)3)12-6-14(22)16(8-24)25-9-12/h5-7,9-10H,4H2,1-3H3. The molecule has 0 aromatic carbocycles. The van der Waals surface area contributed by atoms with E-state index >= 15 is 0 Å². The summed E-state index contributed by atoms with van der Waals surface area (Å²) in [4.78, 5) is 36.6. The summed E-state index contributed by atoms with van der Waals surface area (Å²) in [6.45, 7) is 5.08. The fourth-order valence-corrected chi connectivity index (χ4v) is 4.31. The van der Waals surface area contributed by atoms with Gasteiger partial charge in [-0.1, -0.05) is 18.5 Å². The largest absolute Gasteiger partial charge is 0.302 e. The van der Waals surface area contributed by atoms with E-state index < -0.39 is 22.8 Å². The molecule has 8 nitrogen and oxygen atoms in total. The third-order valence-electron chi connectivity index (χ3n) is 5.23. The molecular weight excluding hydrogens is 455 g/mol. The number of carbonyl (C=O) groups is 1. The second kappa shape index (κ2) is 7.62. The Bertz CT molecular complexity index is 1410. The van der Waals surface area contributed by atoms with Crippen LogP contribution in [0.25, 0.3) is 5.65 Å². The summed E-state index contributed by atoms with van der Waals surface area (Å²) < 4.78 is 16.1. The Hall–Kier alpha value is -3.42. The second-order valence-electron chi connectivity index (χ2n) is 7.63. The molecular formula is C21H16ClFN6O2S. The third-order valence-corrected chi connectivity index (χ3v) is 5.89. The van der Waals surface area contributed by atoms with Crippen molar-refractivity contribution in [1.29, 1.82) is 5.26 Å². The molecule has 1 amide bonds. The number of nitrogens with zero attached hydrogens (tertiary/aromatic N) is 6. The van der Waals surface area contributed by atoms with Crippen LogP contribution in [0.3, 0.4) is 0 Å². The molecule has 0 aliphatic carbocycles. The fraction of sp³-hybridized carbons (Fsp3) is 0.238. The summed E-state index contributed by atoms with van der Waals surface area (Å²) >= 11 is 11.6. The lowest BCUT2D eigenvalue weighted by Crippen LogP contribution is -2.44. The highest BCUT2D eigenvalue weighted by Crippen LogP contribution is 2.37. The van der Waals surface area contributed by atoms with Crippen LogP contribution in [0.5, 0.6) is 0 Å². The molecule has 3 aromatic rings. The molecule has 1 aliphatic rings. The van der Waals surface area contributed by atoms with E-state index in [0.717, 1.165) is 4.40 Å². The summed E-state index contributed by atoms with van der Waals surface area (Å²) in [5, 5.41) is 9.16. The fourth-order valence-electron chi connectivity index (χ4n) is 3.59. The number of hydrogen-bond donors (Lipinski definition) is 0. The minimum Gasteiger partial charge on any atom is -0.302 e. The molecule has 32 heavy (non-hydrogen) atoms. The Balaban J connectivity index is 1.86. The highest BCUT2D eigenvalue weighted by molar-refractivity contribution is 7.81. The molecule has 1 fully saturated rings. The minimum atomic E-state index is -1.21. The molecule has 11 heteroatoms. The number of hydrogen-bond acceptors (Lipinski definition) is 6. The molecule has 0 saturated carbocycles. The number of nitriles is 1. The Morgan fingerprint density at radius 2 is 1.97 bits per heavy atom. The average Bonchev–Trinajstić information content (AvgIpc) is 2.92. The van der Waals surface area contributed by atoms with E-state index in [2.05, 4.69) is 9.97 Å². The molecule has 4 heterocycles. The van der Waals surface area contributed by atoms with E-state index in [1.165, 1.54) is 40.4 Å². The quantitative estimate of drug-likeness (QED) is 0.542. The number of pyridine rings is 2. The summed E-state index contributed by atoms with van der Waals surface area (Å²) in [6.07, 6.45) is 3.21. The van der Waals surface area contributed by atoms with Crippen molar-refractivity contribution in [2.75, 3.05) is 9.80 Å². The Labute approximate surface area is 192 Å². The number of thiocarbonyl (C=S) groups is 1. The summed E-state index contributed by atoms with van der Waals surface area (Å²) in [7, 11) is 0. The zero-order chi connectivity index (χ0) is 23.4. The molecule has 0 atom stereocenters. The number of aromatic nitrogens is 3. The van der Waals surface area contributed by atoms with Crippen LogP contribution in [0.15, 0.2) is 35.4 Å². The van der Waals surface area contributed by atoms with Gasteiger partial charge in [0.15, 0.2) is 22.3 Å². The number of anilines is 2. The van der Waals surface area contributed by atoms with Crippen molar-refractivity contribution in [3.8, 4) is 6.07 Å². The number of fused-ring (bicyclic) bond motifs is 1. The van der Waals surface area contributed by atoms with Crippen molar-refractivity contribution in [1.82, 2.24) is 14.4 Å². The molecule has 1 aliphatic heterocycles. The zero-order valence-corrected chi connectivity index (χ0v) is 18.8. The Kier molecular flexibility index (Phi) is 5.19. The van der Waals surface area contributed by atoms with Crippen molar-refractivity contribution in [2.45, 2.75) is 32.7 Å². The van der Waals surface area contributed by atoms with Crippen molar-refractivity contribution >= 4 is 51.9 Å². The Morgan fingerprint density at radius 1 is 1.25 bits per heavy atom. The highest BCUT2D eigenvalue weighted by atomic mass is 35.5. The Morgan fingerprint density at radius 3 is 2.59 bits per heavy atom. The van der Waals surface area contributed by atoms with Crippen molar-refractivity contribution in [2.24, 2.45) is 0 Å². The molecule has 4 rings (SSSR count). The molecule has 162 valence electrons. The lowest BCUT2D eigenvalue weighted by atomic mass is 10.0. The maximum Gasteiger partial charge on any atom is 0.259 e. The van der Waals surface area contributed by atoms with E-state index in [1.54, 1.807) is 13.8 Å². The lowest BCUT2D eigenvalue weighted by molar-refractivity contribution is -0.120. The van der Waals surface area contributed by atoms with E-state index in [0.29, 0.717) is 12.1 Å². The first-order chi connectivity index (χ1) is 15.1. The normalized spacial score (nSPS) is 15.5. The van der Waals surface area contributed by atoms with Gasteiger partial charge >= 0.3 is 0 Å². The van der Waals surface area contributed by atoms with Crippen LogP contribution >= 0.6 is 23.8 Å². The zero-order valence-electron chi connectivity index (χ0n) is 17.3. The van der Waals surface area contributed by atoms with E-state index in [4.69, 9.17) is 29.1 Å². The van der Waals surface area contributed by atoms with Gasteiger partial charge in [-0.3, -0.25) is 18.9 Å². The van der Waals surface area contributed by atoms with Gasteiger partial charge in [0.1, 0.15) is 11.6 Å². The first kappa shape index (κ1) is 21.8. The van der Waals surface area contributed by atoms with Crippen LogP contribution in [0.4, 0.5) is 15.8 Å². The second-order valence-corrected chi connectivity index (χ2v) is 8.40. The van der Waals surface area contributed by atoms with Crippen molar-refractivity contribution < 1.29 is 9.18 Å². The van der Waals surface area contributed by atoms with Gasteiger partial charge in [0.2, 0.25) is 0 Å². The maximum absolute atomic E-state index is 15.0. The number of carbonyl (C=O) groups excluding carboxylic acids is 1. The van der Waals surface area contributed by atoms with E-state index in [1.807, 2.05) is 13.0 Å². The van der Waals surface area contributed by atoms with Crippen molar-refractivity contribution in [3.05, 3.63) is 63.2 Å². The van der Waals surface area contributed by atoms with Crippen LogP contribution in [0.1, 0.15) is 32.2 Å². The SMILES string of the molecule is CCc1cc(=O)n2cc(N3C(=S)N(c4cnc(C#N)c(Cl)c4)C(=O)C3(C)C)cc(F)c2n1. The number of amides is 1. The van der Waals surface area contributed by atoms with Crippen molar-refractivity contribution in [3.63, 3.8) is 0 Å². The number of halogens is 2. The van der Waals surface area contributed by atoms with Gasteiger partial charge in [-0.2, -0.15) is 5.26 Å². The van der Waals surface area contributed by atoms with E-state index in [9.17, 15) is 14.0 Å². The summed E-state index contributed by atoms with van der Waals surface area (Å²) in [5.41, 5.74) is -0.787. The van der Waals surface area contributed by atoms with Crippen LogP contribution in [0.2, 0.25) is 5.02 Å². The lowest BCUT2D eigenvalue weighted by Gasteiger charge is -2.29. The minimum absolute atomic E-state index is 0.0130. The van der Waals surface area contributed by atoms with Crippen LogP contribution in [0, 0.1) is 17.1 Å². The summed E-state index contributed by atoms with van der Waals surface area (Å²) in [6, 6.07) is 5.80. The molecule has 0 N–H and O–H groups in total. The van der Waals surface area contributed by atoms with E-state index in [-0.39, 0.29) is 32.9 Å². The van der Waals surface area contributed by atoms with Crippen LogP contribution in [-0.2, 0) is 11.2 Å². The van der Waals surface area contributed by atoms with Crippen LogP contribution < -0.4 is 15.4 Å². The molecule has 0 unspecified atom stereocenters. The third kappa shape index (κ3) is 3.21. The monoisotopic (exact) mass is 470 g/mol. The topological polar surface area (TPSA) is 94.6 Å². The summed E-state index contributed by atoms with van der Waals surface area (Å²) in [5.74, 6) is -1.13. The van der Waals surface area contributed by atoms with Gasteiger partial charge in [-0.05, 0) is 38.6 Å².